The van der Waals surface area contributed by atoms with Gasteiger partial charge in [0.2, 0.25) is 0 Å². The lowest BCUT2D eigenvalue weighted by atomic mass is 10.2. The summed E-state index contributed by atoms with van der Waals surface area (Å²) in [5.41, 5.74) is 3.61. The van der Waals surface area contributed by atoms with Crippen molar-refractivity contribution in [3.63, 3.8) is 0 Å². The molecule has 0 radical (unpaired) electrons. The number of hydrogen-bond acceptors (Lipinski definition) is 3. The SMILES string of the molecule is C=Cc1ccc2c(c1)NCCCS2.CNc1ccccc1. The second-order valence-electron chi connectivity index (χ2n) is 4.70. The first-order valence-corrected chi connectivity index (χ1v) is 8.18. The van der Waals surface area contributed by atoms with Crippen LogP contribution in [-0.4, -0.2) is 19.3 Å². The van der Waals surface area contributed by atoms with Crippen LogP contribution in [0.3, 0.4) is 0 Å². The van der Waals surface area contributed by atoms with Gasteiger partial charge in [-0.05, 0) is 42.0 Å². The normalized spacial score (nSPS) is 12.8. The first-order chi connectivity index (χ1) is 10.3. The van der Waals surface area contributed by atoms with Crippen molar-refractivity contribution in [3.8, 4) is 0 Å². The van der Waals surface area contributed by atoms with E-state index in [4.69, 9.17) is 0 Å². The second-order valence-corrected chi connectivity index (χ2v) is 5.84. The van der Waals surface area contributed by atoms with E-state index in [2.05, 4.69) is 35.4 Å². The van der Waals surface area contributed by atoms with Gasteiger partial charge < -0.3 is 10.6 Å². The summed E-state index contributed by atoms with van der Waals surface area (Å²) in [6.07, 6.45) is 3.13. The molecule has 2 aromatic rings. The molecule has 0 saturated carbocycles. The lowest BCUT2D eigenvalue weighted by molar-refractivity contribution is 0.999. The second kappa shape index (κ2) is 8.42. The van der Waals surface area contributed by atoms with Gasteiger partial charge in [-0.2, -0.15) is 0 Å². The Kier molecular flexibility index (Phi) is 6.22. The lowest BCUT2D eigenvalue weighted by Crippen LogP contribution is -1.99. The summed E-state index contributed by atoms with van der Waals surface area (Å²) >= 11 is 1.93. The molecule has 0 fully saturated rings. The first kappa shape index (κ1) is 15.5. The smallest absolute Gasteiger partial charge is 0.0484 e. The Morgan fingerprint density at radius 1 is 1.19 bits per heavy atom. The molecule has 0 aromatic heterocycles. The predicted octanol–water partition coefficient (Wildman–Crippen LogP) is 4.97. The molecule has 0 bridgehead atoms. The van der Waals surface area contributed by atoms with Crippen molar-refractivity contribution in [2.45, 2.75) is 11.3 Å². The minimum Gasteiger partial charge on any atom is -0.388 e. The van der Waals surface area contributed by atoms with Gasteiger partial charge in [-0.1, -0.05) is 36.9 Å². The molecule has 3 heteroatoms. The minimum atomic E-state index is 1.08. The Hall–Kier alpha value is -1.87. The molecule has 0 amide bonds. The molecule has 0 spiro atoms. The zero-order valence-corrected chi connectivity index (χ0v) is 13.2. The molecular weight excluding hydrogens is 276 g/mol. The molecule has 1 heterocycles. The molecule has 1 aliphatic heterocycles. The quantitative estimate of drug-likeness (QED) is 0.819. The highest BCUT2D eigenvalue weighted by Gasteiger charge is 2.06. The zero-order valence-electron chi connectivity index (χ0n) is 12.4. The molecule has 2 nitrogen and oxygen atoms in total. The average Bonchev–Trinajstić information content (AvgIpc) is 2.80. The number of rotatable bonds is 2. The Morgan fingerprint density at radius 3 is 2.67 bits per heavy atom. The fraction of sp³-hybridized carbons (Fsp3) is 0.222. The Balaban J connectivity index is 0.000000173. The van der Waals surface area contributed by atoms with Gasteiger partial charge in [0.05, 0.1) is 0 Å². The molecule has 1 aliphatic rings. The van der Waals surface area contributed by atoms with E-state index in [0.717, 1.165) is 12.2 Å². The van der Waals surface area contributed by atoms with E-state index in [9.17, 15) is 0 Å². The Bertz CT molecular complexity index is 567. The van der Waals surface area contributed by atoms with Crippen molar-refractivity contribution < 1.29 is 0 Å². The van der Waals surface area contributed by atoms with E-state index in [1.54, 1.807) is 0 Å². The summed E-state index contributed by atoms with van der Waals surface area (Å²) in [7, 11) is 1.91. The summed E-state index contributed by atoms with van der Waals surface area (Å²) in [4.78, 5) is 1.36. The maximum Gasteiger partial charge on any atom is 0.0484 e. The van der Waals surface area contributed by atoms with Gasteiger partial charge in [-0.15, -0.1) is 11.8 Å². The number of hydrogen-bond donors (Lipinski definition) is 2. The number of nitrogens with one attached hydrogen (secondary N) is 2. The predicted molar refractivity (Wildman–Crippen MR) is 96.4 cm³/mol. The average molecular weight is 298 g/mol. The summed E-state index contributed by atoms with van der Waals surface area (Å²) in [5, 5.41) is 6.46. The van der Waals surface area contributed by atoms with Gasteiger partial charge in [-0.3, -0.25) is 0 Å². The fourth-order valence-electron chi connectivity index (χ4n) is 2.02. The Morgan fingerprint density at radius 2 is 2.00 bits per heavy atom. The maximum absolute atomic E-state index is 3.77. The van der Waals surface area contributed by atoms with Gasteiger partial charge in [0, 0.05) is 29.9 Å². The van der Waals surface area contributed by atoms with Crippen LogP contribution in [0.5, 0.6) is 0 Å². The van der Waals surface area contributed by atoms with Gasteiger partial charge in [-0.25, -0.2) is 0 Å². The van der Waals surface area contributed by atoms with Gasteiger partial charge in [0.1, 0.15) is 0 Å². The highest BCUT2D eigenvalue weighted by Crippen LogP contribution is 2.31. The lowest BCUT2D eigenvalue weighted by Gasteiger charge is -2.07. The van der Waals surface area contributed by atoms with Crippen molar-refractivity contribution in [3.05, 3.63) is 60.7 Å². The van der Waals surface area contributed by atoms with Crippen molar-refractivity contribution in [1.82, 2.24) is 0 Å². The van der Waals surface area contributed by atoms with E-state index < -0.39 is 0 Å². The highest BCUT2D eigenvalue weighted by atomic mass is 32.2. The van der Waals surface area contributed by atoms with Crippen LogP contribution >= 0.6 is 11.8 Å². The molecular formula is C18H22N2S. The van der Waals surface area contributed by atoms with E-state index in [0.29, 0.717) is 0 Å². The van der Waals surface area contributed by atoms with Crippen LogP contribution in [0.2, 0.25) is 0 Å². The van der Waals surface area contributed by atoms with Crippen molar-refractivity contribution in [2.75, 3.05) is 30.0 Å². The zero-order chi connectivity index (χ0) is 14.9. The van der Waals surface area contributed by atoms with Crippen LogP contribution in [0.4, 0.5) is 11.4 Å². The topological polar surface area (TPSA) is 24.1 Å². The van der Waals surface area contributed by atoms with E-state index in [1.807, 2.05) is 55.2 Å². The van der Waals surface area contributed by atoms with Crippen LogP contribution in [-0.2, 0) is 0 Å². The summed E-state index contributed by atoms with van der Waals surface area (Å²) in [5.74, 6) is 1.22. The summed E-state index contributed by atoms with van der Waals surface area (Å²) < 4.78 is 0. The van der Waals surface area contributed by atoms with Crippen LogP contribution in [0.1, 0.15) is 12.0 Å². The maximum atomic E-state index is 3.77. The standard InChI is InChI=1S/C11H13NS.C7H9N/c1-2-9-4-5-11-10(8-9)12-6-3-7-13-11;1-8-7-5-3-2-4-6-7/h2,4-5,8,12H,1,3,6-7H2;2-6,8H,1H3. The number of thioether (sulfide) groups is 1. The van der Waals surface area contributed by atoms with Gasteiger partial charge in [0.15, 0.2) is 0 Å². The fourth-order valence-corrected chi connectivity index (χ4v) is 2.98. The molecule has 2 aromatic carbocycles. The summed E-state index contributed by atoms with van der Waals surface area (Å²) in [6.45, 7) is 4.85. The number of benzene rings is 2. The number of para-hydroxylation sites is 1. The van der Waals surface area contributed by atoms with Crippen LogP contribution < -0.4 is 10.6 Å². The number of anilines is 2. The third-order valence-corrected chi connectivity index (χ3v) is 4.36. The largest absolute Gasteiger partial charge is 0.388 e. The van der Waals surface area contributed by atoms with Crippen molar-refractivity contribution in [2.24, 2.45) is 0 Å². The number of fused-ring (bicyclic) bond motifs is 1. The van der Waals surface area contributed by atoms with Gasteiger partial charge in [0.25, 0.3) is 0 Å². The molecule has 2 N–H and O–H groups in total. The van der Waals surface area contributed by atoms with Crippen molar-refractivity contribution in [1.29, 1.82) is 0 Å². The third kappa shape index (κ3) is 4.87. The summed E-state index contributed by atoms with van der Waals surface area (Å²) in [6, 6.07) is 16.5. The Labute approximate surface area is 131 Å². The van der Waals surface area contributed by atoms with Crippen LogP contribution in [0, 0.1) is 0 Å². The van der Waals surface area contributed by atoms with E-state index in [-0.39, 0.29) is 0 Å². The van der Waals surface area contributed by atoms with E-state index in [1.165, 1.54) is 28.3 Å². The molecule has 21 heavy (non-hydrogen) atoms. The minimum absolute atomic E-state index is 1.08. The van der Waals surface area contributed by atoms with E-state index >= 15 is 0 Å². The van der Waals surface area contributed by atoms with Crippen LogP contribution in [0.15, 0.2) is 60.0 Å². The highest BCUT2D eigenvalue weighted by molar-refractivity contribution is 7.99. The molecule has 0 aliphatic carbocycles. The van der Waals surface area contributed by atoms with Crippen molar-refractivity contribution >= 4 is 29.2 Å². The molecule has 0 unspecified atom stereocenters. The van der Waals surface area contributed by atoms with Gasteiger partial charge >= 0.3 is 0 Å². The first-order valence-electron chi connectivity index (χ1n) is 7.19. The third-order valence-electron chi connectivity index (χ3n) is 3.20. The monoisotopic (exact) mass is 298 g/mol. The van der Waals surface area contributed by atoms with Crippen LogP contribution in [0.25, 0.3) is 6.08 Å². The molecule has 0 saturated heterocycles. The molecule has 0 atom stereocenters. The molecule has 3 rings (SSSR count). The molecule has 110 valence electrons.